The van der Waals surface area contributed by atoms with Crippen LogP contribution in [0.5, 0.6) is 0 Å². The van der Waals surface area contributed by atoms with E-state index in [9.17, 15) is 44.3 Å². The third-order valence-electron chi connectivity index (χ3n) is 1.08. The number of alkyl halides is 9. The predicted molar refractivity (Wildman–Crippen MR) is 29.1 cm³/mol. The van der Waals surface area contributed by atoms with E-state index in [0.29, 0.717) is 0 Å². The number of hydrogen-bond donors (Lipinski definition) is 0. The molecule has 17 heavy (non-hydrogen) atoms. The lowest BCUT2D eigenvalue weighted by Crippen LogP contribution is -2.56. The lowest BCUT2D eigenvalue weighted by Gasteiger charge is -2.30. The highest BCUT2D eigenvalue weighted by Crippen LogP contribution is 2.41. The second-order valence-corrected chi connectivity index (χ2v) is 2.38. The van der Waals surface area contributed by atoms with Crippen molar-refractivity contribution in [2.45, 2.75) is 24.7 Å². The summed E-state index contributed by atoms with van der Waals surface area (Å²) >= 11 is 0. The Balaban J connectivity index is 5.40. The lowest BCUT2D eigenvalue weighted by atomic mass is 10.3. The van der Waals surface area contributed by atoms with Gasteiger partial charge in [0.05, 0.1) is 0 Å². The molecule has 0 aliphatic heterocycles. The fourth-order valence-electron chi connectivity index (χ4n) is 0.595. The molecule has 0 aromatic heterocycles. The number of hydrogen-bond acceptors (Lipinski definition) is 3. The molecular weight excluding hydrogens is 279 g/mol. The molecule has 0 spiro atoms. The number of carbonyl (C=O) groups excluding carboxylic acids is 1. The van der Waals surface area contributed by atoms with Gasteiger partial charge < -0.3 is 0 Å². The minimum atomic E-state index is -6.38. The summed E-state index contributed by atoms with van der Waals surface area (Å²) in [7, 11) is 0. The topological polar surface area (TPSA) is 35.5 Å². The van der Waals surface area contributed by atoms with Crippen molar-refractivity contribution in [2.24, 2.45) is 0 Å². The van der Waals surface area contributed by atoms with Gasteiger partial charge in [-0.2, -0.15) is 13.2 Å². The Morgan fingerprint density at radius 3 is 1.12 bits per heavy atom. The molecule has 0 aromatic rings. The Labute approximate surface area is 86.1 Å². The van der Waals surface area contributed by atoms with Crippen LogP contribution in [-0.2, 0) is 14.3 Å². The Morgan fingerprint density at radius 2 is 1.00 bits per heavy atom. The van der Waals surface area contributed by atoms with Gasteiger partial charge in [0.2, 0.25) is 0 Å². The number of carbonyl (C=O) groups is 1. The summed E-state index contributed by atoms with van der Waals surface area (Å²) < 4.78 is 109. The quantitative estimate of drug-likeness (QED) is 0.452. The van der Waals surface area contributed by atoms with Crippen LogP contribution in [0.1, 0.15) is 0 Å². The highest BCUT2D eigenvalue weighted by Gasteiger charge is 2.67. The smallest absolute Gasteiger partial charge is 0.297 e. The molecule has 0 heterocycles. The normalized spacial score (nSPS) is 14.9. The van der Waals surface area contributed by atoms with Crippen LogP contribution in [0.2, 0.25) is 0 Å². The zero-order valence-electron chi connectivity index (χ0n) is 7.20. The molecule has 0 unspecified atom stereocenters. The monoisotopic (exact) mass is 280 g/mol. The van der Waals surface area contributed by atoms with E-state index in [1.165, 1.54) is 0 Å². The highest BCUT2D eigenvalue weighted by molar-refractivity contribution is 5.61. The first-order valence-corrected chi connectivity index (χ1v) is 3.29. The maximum Gasteiger partial charge on any atom is 0.525 e. The molecule has 0 N–H and O–H groups in total. The van der Waals surface area contributed by atoms with Gasteiger partial charge in [0.15, 0.2) is 6.29 Å². The van der Waals surface area contributed by atoms with Crippen molar-refractivity contribution in [3.8, 4) is 0 Å². The molecule has 3 nitrogen and oxygen atoms in total. The second kappa shape index (κ2) is 4.33. The summed E-state index contributed by atoms with van der Waals surface area (Å²) in [6, 6.07) is 0. The van der Waals surface area contributed by atoms with E-state index in [1.807, 2.05) is 0 Å². The molecule has 0 bridgehead atoms. The largest absolute Gasteiger partial charge is 0.525 e. The molecular formula is C5HF9O3. The second-order valence-electron chi connectivity index (χ2n) is 2.38. The van der Waals surface area contributed by atoms with Crippen LogP contribution in [0.3, 0.4) is 0 Å². The molecule has 0 amide bonds. The van der Waals surface area contributed by atoms with Crippen molar-refractivity contribution in [1.29, 1.82) is 0 Å². The molecule has 12 heteroatoms. The van der Waals surface area contributed by atoms with Gasteiger partial charge in [0.25, 0.3) is 0 Å². The summed E-state index contributed by atoms with van der Waals surface area (Å²) in [5.74, 6) is -5.48. The molecule has 0 saturated heterocycles. The van der Waals surface area contributed by atoms with Gasteiger partial charge in [0, 0.05) is 0 Å². The van der Waals surface area contributed by atoms with E-state index in [4.69, 9.17) is 0 Å². The predicted octanol–water partition coefficient (Wildman–Crippen LogP) is 2.52. The first kappa shape index (κ1) is 16.0. The summed E-state index contributed by atoms with van der Waals surface area (Å²) in [5, 5.41) is 0. The Bertz CT molecular complexity index is 258. The van der Waals surface area contributed by atoms with Crippen LogP contribution < -0.4 is 0 Å². The van der Waals surface area contributed by atoms with E-state index in [-0.39, 0.29) is 0 Å². The Morgan fingerprint density at radius 1 is 0.706 bits per heavy atom. The maximum absolute atomic E-state index is 12.0. The van der Waals surface area contributed by atoms with Crippen molar-refractivity contribution in [3.63, 3.8) is 0 Å². The van der Waals surface area contributed by atoms with Crippen LogP contribution in [0.15, 0.2) is 0 Å². The number of rotatable bonds is 3. The fourth-order valence-corrected chi connectivity index (χ4v) is 0.595. The molecule has 0 radical (unpaired) electrons. The van der Waals surface area contributed by atoms with Gasteiger partial charge in [-0.15, -0.1) is 26.3 Å². The van der Waals surface area contributed by atoms with Crippen LogP contribution in [0, 0.1) is 0 Å². The molecule has 102 valence electrons. The molecule has 0 saturated carbocycles. The average Bonchev–Trinajstić information content (AvgIpc) is 1.95. The van der Waals surface area contributed by atoms with Crippen molar-refractivity contribution < 1.29 is 53.8 Å². The van der Waals surface area contributed by atoms with Crippen LogP contribution >= 0.6 is 0 Å². The van der Waals surface area contributed by atoms with Crippen LogP contribution in [0.25, 0.3) is 0 Å². The summed E-state index contributed by atoms with van der Waals surface area (Å²) in [6.07, 6.45) is -20.5. The van der Waals surface area contributed by atoms with Gasteiger partial charge in [-0.3, -0.25) is 4.79 Å². The molecule has 0 atom stereocenters. The molecule has 0 aromatic carbocycles. The van der Waals surface area contributed by atoms with Gasteiger partial charge >= 0.3 is 24.7 Å². The molecule has 0 rings (SSSR count). The first-order chi connectivity index (χ1) is 7.22. The SMILES string of the molecule is O=CC(OC(F)(F)F)(OC(F)(F)F)C(F)(F)F. The van der Waals surface area contributed by atoms with Crippen LogP contribution in [0.4, 0.5) is 39.5 Å². The average molecular weight is 280 g/mol. The minimum absolute atomic E-state index is 1.78. The zero-order chi connectivity index (χ0) is 14.1. The van der Waals surface area contributed by atoms with Crippen molar-refractivity contribution in [1.82, 2.24) is 0 Å². The highest BCUT2D eigenvalue weighted by atomic mass is 19.4. The zero-order valence-corrected chi connectivity index (χ0v) is 7.20. The standard InChI is InChI=1S/C5HF9O3/c6-3(7,8)2(1-15,16-4(9,10)11)17-5(12,13)14/h1H. The van der Waals surface area contributed by atoms with Gasteiger partial charge in [-0.05, 0) is 0 Å². The Hall–Kier alpha value is -1.04. The summed E-state index contributed by atoms with van der Waals surface area (Å²) in [6.45, 7) is 0. The Kier molecular flexibility index (Phi) is 4.06. The molecule has 0 fully saturated rings. The number of ether oxygens (including phenoxy) is 2. The summed E-state index contributed by atoms with van der Waals surface area (Å²) in [5.41, 5.74) is 0. The third-order valence-corrected chi connectivity index (χ3v) is 1.08. The van der Waals surface area contributed by atoms with Crippen molar-refractivity contribution in [2.75, 3.05) is 0 Å². The van der Waals surface area contributed by atoms with Crippen LogP contribution in [-0.4, -0.2) is 31.0 Å². The van der Waals surface area contributed by atoms with E-state index >= 15 is 0 Å². The minimum Gasteiger partial charge on any atom is -0.297 e. The number of aldehydes is 1. The van der Waals surface area contributed by atoms with Crippen molar-refractivity contribution >= 4 is 6.29 Å². The lowest BCUT2D eigenvalue weighted by molar-refractivity contribution is -0.507. The first-order valence-electron chi connectivity index (χ1n) is 3.29. The third kappa shape index (κ3) is 4.77. The molecule has 0 aliphatic rings. The van der Waals surface area contributed by atoms with E-state index in [0.717, 1.165) is 0 Å². The molecule has 0 aliphatic carbocycles. The number of halogens is 9. The van der Waals surface area contributed by atoms with Gasteiger partial charge in [0.1, 0.15) is 0 Å². The van der Waals surface area contributed by atoms with Gasteiger partial charge in [-0.25, -0.2) is 9.47 Å². The summed E-state index contributed by atoms with van der Waals surface area (Å²) in [4.78, 5) is 9.86. The van der Waals surface area contributed by atoms with E-state index < -0.39 is 31.0 Å². The van der Waals surface area contributed by atoms with Crippen molar-refractivity contribution in [3.05, 3.63) is 0 Å². The van der Waals surface area contributed by atoms with E-state index in [1.54, 1.807) is 0 Å². The van der Waals surface area contributed by atoms with Gasteiger partial charge in [-0.1, -0.05) is 0 Å². The maximum atomic E-state index is 12.0. The van der Waals surface area contributed by atoms with E-state index in [2.05, 4.69) is 9.47 Å². The fraction of sp³-hybridized carbons (Fsp3) is 0.800.